The number of nitro groups is 2. The molecule has 0 spiro atoms. The van der Waals surface area contributed by atoms with E-state index in [1.54, 1.807) is 12.1 Å². The fraction of sp³-hybridized carbons (Fsp3) is 0.0526. The Bertz CT molecular complexity index is 1040. The highest BCUT2D eigenvalue weighted by Gasteiger charge is 2.20. The Balaban J connectivity index is 2.05. The predicted octanol–water partition coefficient (Wildman–Crippen LogP) is 5.22. The number of benzene rings is 3. The van der Waals surface area contributed by atoms with Crippen molar-refractivity contribution in [3.05, 3.63) is 104 Å². The smallest absolute Gasteiger partial charge is 0.303 e. The number of nitrogens with zero attached hydrogens (tertiary/aromatic N) is 4. The Morgan fingerprint density at radius 1 is 0.862 bits per heavy atom. The number of phenols is 1. The van der Waals surface area contributed by atoms with Crippen LogP contribution in [0, 0.1) is 26.0 Å². The lowest BCUT2D eigenvalue weighted by molar-refractivity contribution is -0.393. The van der Waals surface area contributed by atoms with E-state index in [4.69, 9.17) is 0 Å². The van der Waals surface area contributed by atoms with E-state index >= 15 is 0 Å². The molecule has 10 heteroatoms. The van der Waals surface area contributed by atoms with Crippen molar-refractivity contribution in [2.75, 3.05) is 0 Å². The molecule has 0 bridgehead atoms. The van der Waals surface area contributed by atoms with Crippen LogP contribution in [0.4, 0.5) is 21.5 Å². The summed E-state index contributed by atoms with van der Waals surface area (Å²) in [7, 11) is 0. The molecular weight excluding hydrogens is 383 g/mol. The summed E-state index contributed by atoms with van der Waals surface area (Å²) in [6, 6.07) is 13.8. The molecule has 0 radical (unpaired) electrons. The number of aromatic hydroxyl groups is 1. The Morgan fingerprint density at radius 2 is 1.45 bits per heavy atom. The van der Waals surface area contributed by atoms with Crippen LogP contribution in [0.15, 0.2) is 77.0 Å². The van der Waals surface area contributed by atoms with E-state index < -0.39 is 33.1 Å². The maximum absolute atomic E-state index is 13.3. The third-order valence-electron chi connectivity index (χ3n) is 4.04. The molecule has 1 N–H and O–H groups in total. The lowest BCUT2D eigenvalue weighted by atomic mass is 9.99. The second-order valence-corrected chi connectivity index (χ2v) is 5.95. The minimum atomic E-state index is -0.783. The van der Waals surface area contributed by atoms with Gasteiger partial charge in [0.2, 0.25) is 0 Å². The maximum Gasteiger partial charge on any atom is 0.303 e. The summed E-state index contributed by atoms with van der Waals surface area (Å²) in [5.74, 6) is -0.407. The summed E-state index contributed by atoms with van der Waals surface area (Å²) in [5, 5.41) is 39.7. The van der Waals surface area contributed by atoms with Crippen molar-refractivity contribution < 1.29 is 19.3 Å². The first-order chi connectivity index (χ1) is 13.8. The van der Waals surface area contributed by atoms with Gasteiger partial charge in [0.05, 0.1) is 15.9 Å². The topological polar surface area (TPSA) is 131 Å². The van der Waals surface area contributed by atoms with Crippen LogP contribution in [0.5, 0.6) is 5.75 Å². The average molecular weight is 396 g/mol. The van der Waals surface area contributed by atoms with Gasteiger partial charge in [0.25, 0.3) is 5.69 Å². The second-order valence-electron chi connectivity index (χ2n) is 5.95. The number of nitro benzene ring substituents is 2. The van der Waals surface area contributed by atoms with E-state index in [0.29, 0.717) is 11.1 Å². The van der Waals surface area contributed by atoms with Gasteiger partial charge >= 0.3 is 5.69 Å². The van der Waals surface area contributed by atoms with Crippen LogP contribution in [0.3, 0.4) is 0 Å². The maximum atomic E-state index is 13.3. The Labute approximate surface area is 163 Å². The van der Waals surface area contributed by atoms with Crippen LogP contribution in [0.1, 0.15) is 17.2 Å². The van der Waals surface area contributed by atoms with Crippen molar-refractivity contribution in [3.63, 3.8) is 0 Å². The molecule has 0 heterocycles. The zero-order valence-electron chi connectivity index (χ0n) is 14.7. The van der Waals surface area contributed by atoms with Crippen molar-refractivity contribution in [2.24, 2.45) is 10.2 Å². The van der Waals surface area contributed by atoms with Crippen molar-refractivity contribution in [1.82, 2.24) is 0 Å². The van der Waals surface area contributed by atoms with Crippen LogP contribution in [0.25, 0.3) is 0 Å². The molecule has 0 fully saturated rings. The van der Waals surface area contributed by atoms with Gasteiger partial charge in [-0.2, -0.15) is 5.11 Å². The molecule has 9 nitrogen and oxygen atoms in total. The summed E-state index contributed by atoms with van der Waals surface area (Å²) in [6.45, 7) is 0. The summed E-state index contributed by atoms with van der Waals surface area (Å²) in [6.07, 6.45) is 0. The van der Waals surface area contributed by atoms with E-state index in [1.165, 1.54) is 36.4 Å². The molecule has 0 aliphatic rings. The van der Waals surface area contributed by atoms with Crippen molar-refractivity contribution in [3.8, 4) is 5.75 Å². The highest BCUT2D eigenvalue weighted by Crippen LogP contribution is 2.34. The Morgan fingerprint density at radius 3 is 2.00 bits per heavy atom. The lowest BCUT2D eigenvalue weighted by Gasteiger charge is -2.12. The van der Waals surface area contributed by atoms with Gasteiger partial charge in [-0.1, -0.05) is 24.3 Å². The largest absolute Gasteiger partial charge is 0.508 e. The van der Waals surface area contributed by atoms with Gasteiger partial charge in [-0.25, -0.2) is 4.39 Å². The van der Waals surface area contributed by atoms with Crippen molar-refractivity contribution in [2.45, 2.75) is 6.04 Å². The minimum absolute atomic E-state index is 0.0366. The standard InChI is InChI=1S/C19H13FN4O5/c20-14-5-1-12(2-6-14)19(13-3-8-16(25)9-4-13)22-21-17-10-7-15(23(26)27)11-18(17)24(28)29/h1-11,19,25H. The molecule has 3 aromatic rings. The highest BCUT2D eigenvalue weighted by atomic mass is 19.1. The summed E-state index contributed by atoms with van der Waals surface area (Å²) in [4.78, 5) is 20.6. The van der Waals surface area contributed by atoms with Crippen LogP contribution < -0.4 is 0 Å². The van der Waals surface area contributed by atoms with E-state index in [-0.39, 0.29) is 11.4 Å². The van der Waals surface area contributed by atoms with Gasteiger partial charge in [0, 0.05) is 6.07 Å². The SMILES string of the molecule is O=[N+]([O-])c1ccc(N=NC(c2ccc(O)cc2)c2ccc(F)cc2)c([N+](=O)[O-])c1. The molecule has 1 unspecified atom stereocenters. The second kappa shape index (κ2) is 8.21. The zero-order valence-corrected chi connectivity index (χ0v) is 14.7. The fourth-order valence-electron chi connectivity index (χ4n) is 2.60. The quantitative estimate of drug-likeness (QED) is 0.346. The molecule has 29 heavy (non-hydrogen) atoms. The molecular formula is C19H13FN4O5. The van der Waals surface area contributed by atoms with Gasteiger partial charge in [0.15, 0.2) is 5.69 Å². The third kappa shape index (κ3) is 4.56. The minimum Gasteiger partial charge on any atom is -0.508 e. The van der Waals surface area contributed by atoms with Crippen molar-refractivity contribution >= 4 is 17.1 Å². The molecule has 146 valence electrons. The molecule has 3 aromatic carbocycles. The molecule has 0 aliphatic heterocycles. The predicted molar refractivity (Wildman–Crippen MR) is 101 cm³/mol. The third-order valence-corrected chi connectivity index (χ3v) is 4.04. The number of hydrogen-bond donors (Lipinski definition) is 1. The van der Waals surface area contributed by atoms with E-state index in [9.17, 15) is 29.7 Å². The van der Waals surface area contributed by atoms with Gasteiger partial charge in [0.1, 0.15) is 17.6 Å². The van der Waals surface area contributed by atoms with Crippen LogP contribution >= 0.6 is 0 Å². The van der Waals surface area contributed by atoms with E-state index in [2.05, 4.69) is 10.2 Å². The van der Waals surface area contributed by atoms with Gasteiger partial charge < -0.3 is 5.11 Å². The molecule has 0 aliphatic carbocycles. The van der Waals surface area contributed by atoms with Gasteiger partial charge in [-0.3, -0.25) is 20.2 Å². The van der Waals surface area contributed by atoms with Crippen LogP contribution in [-0.4, -0.2) is 15.0 Å². The average Bonchev–Trinajstić information content (AvgIpc) is 2.70. The normalized spacial score (nSPS) is 12.0. The van der Waals surface area contributed by atoms with Crippen molar-refractivity contribution in [1.29, 1.82) is 0 Å². The summed E-state index contributed by atoms with van der Waals surface area (Å²) >= 11 is 0. The monoisotopic (exact) mass is 396 g/mol. The fourth-order valence-corrected chi connectivity index (χ4v) is 2.60. The van der Waals surface area contributed by atoms with Crippen LogP contribution in [0.2, 0.25) is 0 Å². The number of halogens is 1. The van der Waals surface area contributed by atoms with E-state index in [0.717, 1.165) is 18.2 Å². The molecule has 3 rings (SSSR count). The first-order valence-electron chi connectivity index (χ1n) is 8.23. The number of phenolic OH excluding ortho intramolecular Hbond substituents is 1. The molecule has 0 aromatic heterocycles. The van der Waals surface area contributed by atoms with E-state index in [1.807, 2.05) is 0 Å². The lowest BCUT2D eigenvalue weighted by Crippen LogP contribution is -1.98. The Kier molecular flexibility index (Phi) is 5.54. The Hall–Kier alpha value is -4.21. The molecule has 0 amide bonds. The number of hydrogen-bond acceptors (Lipinski definition) is 7. The highest BCUT2D eigenvalue weighted by molar-refractivity contribution is 5.61. The first kappa shape index (κ1) is 19.5. The number of non-ortho nitro benzene ring substituents is 1. The van der Waals surface area contributed by atoms with Crippen LogP contribution in [-0.2, 0) is 0 Å². The molecule has 0 saturated heterocycles. The van der Waals surface area contributed by atoms with Gasteiger partial charge in [-0.05, 0) is 41.5 Å². The number of azo groups is 1. The molecule has 0 saturated carbocycles. The first-order valence-corrected chi connectivity index (χ1v) is 8.23. The summed E-state index contributed by atoms with van der Waals surface area (Å²) < 4.78 is 13.3. The summed E-state index contributed by atoms with van der Waals surface area (Å²) in [5.41, 5.74) is -0.00426. The van der Waals surface area contributed by atoms with Gasteiger partial charge in [-0.15, -0.1) is 5.11 Å². The number of rotatable bonds is 6. The zero-order chi connectivity index (χ0) is 21.0. The molecule has 1 atom stereocenters.